The zero-order valence-corrected chi connectivity index (χ0v) is 14.0. The minimum Gasteiger partial charge on any atom is -0.489 e. The molecule has 0 heterocycles. The fourth-order valence-electron chi connectivity index (χ4n) is 2.19. The highest BCUT2D eigenvalue weighted by atomic mass is 79.9. The quantitative estimate of drug-likeness (QED) is 0.850. The van der Waals surface area contributed by atoms with Gasteiger partial charge in [0.25, 0.3) is 0 Å². The SMILES string of the molecule is CNc1cccc(C)c1COc1cc(C)c(Br)cc1C. The molecular formula is C17H20BrNO. The first-order chi connectivity index (χ1) is 9.52. The van der Waals surface area contributed by atoms with Crippen molar-refractivity contribution in [1.29, 1.82) is 0 Å². The van der Waals surface area contributed by atoms with Crippen LogP contribution in [0.4, 0.5) is 5.69 Å². The third kappa shape index (κ3) is 3.15. The molecule has 0 unspecified atom stereocenters. The summed E-state index contributed by atoms with van der Waals surface area (Å²) >= 11 is 3.55. The van der Waals surface area contributed by atoms with Gasteiger partial charge in [-0.25, -0.2) is 0 Å². The highest BCUT2D eigenvalue weighted by Gasteiger charge is 2.08. The molecule has 2 rings (SSSR count). The predicted molar refractivity (Wildman–Crippen MR) is 88.7 cm³/mol. The van der Waals surface area contributed by atoms with E-state index < -0.39 is 0 Å². The smallest absolute Gasteiger partial charge is 0.123 e. The minimum atomic E-state index is 0.574. The monoisotopic (exact) mass is 333 g/mol. The van der Waals surface area contributed by atoms with Crippen molar-refractivity contribution in [2.45, 2.75) is 27.4 Å². The van der Waals surface area contributed by atoms with Crippen molar-refractivity contribution in [3.8, 4) is 5.75 Å². The summed E-state index contributed by atoms with van der Waals surface area (Å²) in [5.41, 5.74) is 5.89. The summed E-state index contributed by atoms with van der Waals surface area (Å²) in [6.07, 6.45) is 0. The summed E-state index contributed by atoms with van der Waals surface area (Å²) in [7, 11) is 1.94. The van der Waals surface area contributed by atoms with Gasteiger partial charge in [-0.3, -0.25) is 0 Å². The van der Waals surface area contributed by atoms with E-state index in [0.29, 0.717) is 6.61 Å². The summed E-state index contributed by atoms with van der Waals surface area (Å²) in [6.45, 7) is 6.82. The van der Waals surface area contributed by atoms with Crippen molar-refractivity contribution >= 4 is 21.6 Å². The molecule has 0 aromatic heterocycles. The molecule has 0 amide bonds. The second-order valence-electron chi connectivity index (χ2n) is 5.01. The van der Waals surface area contributed by atoms with Gasteiger partial charge in [0.15, 0.2) is 0 Å². The second-order valence-corrected chi connectivity index (χ2v) is 5.86. The molecule has 0 fully saturated rings. The summed E-state index contributed by atoms with van der Waals surface area (Å²) in [5.74, 6) is 0.941. The van der Waals surface area contributed by atoms with Crippen molar-refractivity contribution in [3.63, 3.8) is 0 Å². The minimum absolute atomic E-state index is 0.574. The molecule has 2 nitrogen and oxygen atoms in total. The average Bonchev–Trinajstić information content (AvgIpc) is 2.42. The van der Waals surface area contributed by atoms with Gasteiger partial charge in [-0.1, -0.05) is 28.1 Å². The lowest BCUT2D eigenvalue weighted by Crippen LogP contribution is -2.04. The predicted octanol–water partition coefficient (Wildman–Crippen LogP) is 5.00. The fourth-order valence-corrected chi connectivity index (χ4v) is 2.65. The number of nitrogens with one attached hydrogen (secondary N) is 1. The number of benzene rings is 2. The van der Waals surface area contributed by atoms with Gasteiger partial charge in [0, 0.05) is 22.8 Å². The number of rotatable bonds is 4. The molecule has 2 aromatic carbocycles. The topological polar surface area (TPSA) is 21.3 Å². The molecule has 0 saturated carbocycles. The van der Waals surface area contributed by atoms with Gasteiger partial charge in [-0.2, -0.15) is 0 Å². The molecule has 3 heteroatoms. The zero-order chi connectivity index (χ0) is 14.7. The van der Waals surface area contributed by atoms with Gasteiger partial charge in [0.1, 0.15) is 12.4 Å². The first-order valence-electron chi connectivity index (χ1n) is 6.68. The molecular weight excluding hydrogens is 314 g/mol. The van der Waals surface area contributed by atoms with E-state index in [2.05, 4.69) is 72.3 Å². The molecule has 0 spiro atoms. The molecule has 0 aliphatic carbocycles. The van der Waals surface area contributed by atoms with E-state index in [1.165, 1.54) is 16.7 Å². The molecule has 0 saturated heterocycles. The van der Waals surface area contributed by atoms with Crippen LogP contribution >= 0.6 is 15.9 Å². The van der Waals surface area contributed by atoms with Crippen LogP contribution in [0.2, 0.25) is 0 Å². The molecule has 2 aromatic rings. The molecule has 0 aliphatic heterocycles. The van der Waals surface area contributed by atoms with E-state index in [1.54, 1.807) is 0 Å². The van der Waals surface area contributed by atoms with Crippen LogP contribution in [-0.2, 0) is 6.61 Å². The molecule has 0 bridgehead atoms. The lowest BCUT2D eigenvalue weighted by molar-refractivity contribution is 0.303. The molecule has 20 heavy (non-hydrogen) atoms. The Bertz CT molecular complexity index is 623. The van der Waals surface area contributed by atoms with Crippen LogP contribution in [0.5, 0.6) is 5.75 Å². The van der Waals surface area contributed by atoms with E-state index in [-0.39, 0.29) is 0 Å². The number of hydrogen-bond acceptors (Lipinski definition) is 2. The normalized spacial score (nSPS) is 10.4. The number of hydrogen-bond donors (Lipinski definition) is 1. The van der Waals surface area contributed by atoms with Crippen LogP contribution < -0.4 is 10.1 Å². The van der Waals surface area contributed by atoms with Gasteiger partial charge < -0.3 is 10.1 Å². The van der Waals surface area contributed by atoms with Gasteiger partial charge in [0.05, 0.1) is 0 Å². The van der Waals surface area contributed by atoms with Gasteiger partial charge in [-0.15, -0.1) is 0 Å². The van der Waals surface area contributed by atoms with E-state index >= 15 is 0 Å². The van der Waals surface area contributed by atoms with Crippen molar-refractivity contribution in [3.05, 3.63) is 57.1 Å². The van der Waals surface area contributed by atoms with Gasteiger partial charge >= 0.3 is 0 Å². The number of halogens is 1. The van der Waals surface area contributed by atoms with Crippen LogP contribution in [-0.4, -0.2) is 7.05 Å². The highest BCUT2D eigenvalue weighted by Crippen LogP contribution is 2.28. The maximum absolute atomic E-state index is 6.02. The van der Waals surface area contributed by atoms with Crippen LogP contribution in [0.25, 0.3) is 0 Å². The number of ether oxygens (including phenoxy) is 1. The lowest BCUT2D eigenvalue weighted by atomic mass is 10.1. The Morgan fingerprint density at radius 1 is 1.05 bits per heavy atom. The van der Waals surface area contributed by atoms with Crippen LogP contribution in [0, 0.1) is 20.8 Å². The number of aryl methyl sites for hydroxylation is 3. The van der Waals surface area contributed by atoms with Crippen LogP contribution in [0.3, 0.4) is 0 Å². The van der Waals surface area contributed by atoms with E-state index in [0.717, 1.165) is 21.5 Å². The van der Waals surface area contributed by atoms with Gasteiger partial charge in [-0.05, 0) is 55.7 Å². The van der Waals surface area contributed by atoms with Crippen LogP contribution in [0.1, 0.15) is 22.3 Å². The first kappa shape index (κ1) is 14.9. The third-order valence-electron chi connectivity index (χ3n) is 3.51. The first-order valence-corrected chi connectivity index (χ1v) is 7.48. The largest absolute Gasteiger partial charge is 0.489 e. The molecule has 1 N–H and O–H groups in total. The standard InChI is InChI=1S/C17H20BrNO/c1-11-6-5-7-16(19-4)14(11)10-20-17-9-12(2)15(18)8-13(17)3/h5-9,19H,10H2,1-4H3. The zero-order valence-electron chi connectivity index (χ0n) is 12.4. The molecule has 106 valence electrons. The van der Waals surface area contributed by atoms with E-state index in [4.69, 9.17) is 4.74 Å². The molecule has 0 aliphatic rings. The summed E-state index contributed by atoms with van der Waals surface area (Å²) in [4.78, 5) is 0. The van der Waals surface area contributed by atoms with Crippen molar-refractivity contribution in [1.82, 2.24) is 0 Å². The molecule has 0 radical (unpaired) electrons. The Labute approximate surface area is 129 Å². The Morgan fingerprint density at radius 3 is 2.50 bits per heavy atom. The second kappa shape index (κ2) is 6.31. The van der Waals surface area contributed by atoms with Gasteiger partial charge in [0.2, 0.25) is 0 Å². The maximum atomic E-state index is 6.02. The summed E-state index contributed by atoms with van der Waals surface area (Å²) in [5, 5.41) is 3.22. The number of anilines is 1. The Hall–Kier alpha value is -1.48. The Kier molecular flexibility index (Phi) is 4.71. The van der Waals surface area contributed by atoms with Crippen molar-refractivity contribution in [2.24, 2.45) is 0 Å². The Balaban J connectivity index is 2.23. The summed E-state index contributed by atoms with van der Waals surface area (Å²) in [6, 6.07) is 10.4. The van der Waals surface area contributed by atoms with Crippen LogP contribution in [0.15, 0.2) is 34.8 Å². The lowest BCUT2D eigenvalue weighted by Gasteiger charge is -2.15. The van der Waals surface area contributed by atoms with E-state index in [9.17, 15) is 0 Å². The average molecular weight is 334 g/mol. The Morgan fingerprint density at radius 2 is 1.80 bits per heavy atom. The summed E-state index contributed by atoms with van der Waals surface area (Å²) < 4.78 is 7.14. The third-order valence-corrected chi connectivity index (χ3v) is 4.36. The van der Waals surface area contributed by atoms with Crippen molar-refractivity contribution < 1.29 is 4.74 Å². The highest BCUT2D eigenvalue weighted by molar-refractivity contribution is 9.10. The van der Waals surface area contributed by atoms with Crippen molar-refractivity contribution in [2.75, 3.05) is 12.4 Å². The molecule has 0 atom stereocenters. The fraction of sp³-hybridized carbons (Fsp3) is 0.294. The maximum Gasteiger partial charge on any atom is 0.123 e. The van der Waals surface area contributed by atoms with E-state index in [1.807, 2.05) is 7.05 Å².